The molecule has 1 aliphatic rings. The van der Waals surface area contributed by atoms with Crippen molar-refractivity contribution in [3.05, 3.63) is 58.7 Å². The van der Waals surface area contributed by atoms with E-state index in [1.54, 1.807) is 0 Å². The van der Waals surface area contributed by atoms with E-state index < -0.39 is 0 Å². The first-order valence-corrected chi connectivity index (χ1v) is 8.91. The van der Waals surface area contributed by atoms with Crippen LogP contribution < -0.4 is 10.2 Å². The fourth-order valence-corrected chi connectivity index (χ4v) is 3.07. The summed E-state index contributed by atoms with van der Waals surface area (Å²) >= 11 is 3.46. The van der Waals surface area contributed by atoms with Crippen LogP contribution in [0.15, 0.2) is 58.1 Å². The molecule has 2 heterocycles. The van der Waals surface area contributed by atoms with Crippen molar-refractivity contribution >= 4 is 51.7 Å². The normalized spacial score (nSPS) is 14.9. The highest BCUT2D eigenvalue weighted by Gasteiger charge is 2.20. The summed E-state index contributed by atoms with van der Waals surface area (Å²) in [5, 5.41) is 3.46. The Morgan fingerprint density at radius 2 is 1.84 bits per heavy atom. The van der Waals surface area contributed by atoms with Crippen LogP contribution in [0.1, 0.15) is 5.56 Å². The Morgan fingerprint density at radius 3 is 2.44 bits per heavy atom. The van der Waals surface area contributed by atoms with E-state index in [9.17, 15) is 0 Å². The zero-order valence-electron chi connectivity index (χ0n) is 14.2. The maximum Gasteiger partial charge on any atom is 0.194 e. The lowest BCUT2D eigenvalue weighted by Crippen LogP contribution is -2.52. The van der Waals surface area contributed by atoms with E-state index in [4.69, 9.17) is 0 Å². The summed E-state index contributed by atoms with van der Waals surface area (Å²) in [4.78, 5) is 13.5. The van der Waals surface area contributed by atoms with Crippen LogP contribution in [0.5, 0.6) is 0 Å². The molecule has 0 saturated carbocycles. The zero-order valence-corrected chi connectivity index (χ0v) is 18.1. The first-order valence-electron chi connectivity index (χ1n) is 8.12. The van der Waals surface area contributed by atoms with Gasteiger partial charge in [0.25, 0.3) is 0 Å². The quantitative estimate of drug-likeness (QED) is 0.387. The number of nitrogens with zero attached hydrogens (tertiary/aromatic N) is 4. The van der Waals surface area contributed by atoms with Crippen molar-refractivity contribution in [1.82, 2.24) is 15.2 Å². The summed E-state index contributed by atoms with van der Waals surface area (Å²) in [6.45, 7) is 4.57. The molecule has 0 aliphatic carbocycles. The molecular formula is C18H23BrIN5. The highest BCUT2D eigenvalue weighted by Crippen LogP contribution is 2.13. The molecule has 2 aromatic rings. The SMILES string of the molecule is CN=C(NCc1ccc(Br)cc1)N1CCN(c2ccccn2)CC1.I. The Balaban J connectivity index is 0.00000225. The Morgan fingerprint density at radius 1 is 1.12 bits per heavy atom. The third-order valence-electron chi connectivity index (χ3n) is 4.13. The summed E-state index contributed by atoms with van der Waals surface area (Å²) in [7, 11) is 1.84. The van der Waals surface area contributed by atoms with E-state index in [0.29, 0.717) is 0 Å². The Hall–Kier alpha value is -1.35. The van der Waals surface area contributed by atoms with Crippen molar-refractivity contribution in [3.8, 4) is 0 Å². The van der Waals surface area contributed by atoms with Gasteiger partial charge >= 0.3 is 0 Å². The van der Waals surface area contributed by atoms with Gasteiger partial charge in [0.1, 0.15) is 5.82 Å². The molecule has 25 heavy (non-hydrogen) atoms. The van der Waals surface area contributed by atoms with Crippen molar-refractivity contribution in [1.29, 1.82) is 0 Å². The molecule has 0 amide bonds. The molecule has 1 fully saturated rings. The number of halogens is 2. The molecule has 1 aromatic heterocycles. The van der Waals surface area contributed by atoms with Crippen molar-refractivity contribution in [3.63, 3.8) is 0 Å². The van der Waals surface area contributed by atoms with Crippen molar-refractivity contribution < 1.29 is 0 Å². The van der Waals surface area contributed by atoms with Crippen LogP contribution in [0, 0.1) is 0 Å². The maximum atomic E-state index is 4.43. The second-order valence-corrected chi connectivity index (χ2v) is 6.60. The van der Waals surface area contributed by atoms with E-state index in [-0.39, 0.29) is 24.0 Å². The van der Waals surface area contributed by atoms with E-state index in [1.165, 1.54) is 5.56 Å². The number of piperazine rings is 1. The Kier molecular flexibility index (Phi) is 7.95. The van der Waals surface area contributed by atoms with Gasteiger partial charge in [0.2, 0.25) is 0 Å². The van der Waals surface area contributed by atoms with Crippen LogP contribution >= 0.6 is 39.9 Å². The molecule has 1 aromatic carbocycles. The highest BCUT2D eigenvalue weighted by atomic mass is 127. The average molecular weight is 516 g/mol. The van der Waals surface area contributed by atoms with Crippen LogP contribution in [0.3, 0.4) is 0 Å². The molecular weight excluding hydrogens is 493 g/mol. The Labute approximate surface area is 174 Å². The molecule has 0 unspecified atom stereocenters. The molecule has 0 spiro atoms. The first kappa shape index (κ1) is 20.0. The molecule has 1 N–H and O–H groups in total. The van der Waals surface area contributed by atoms with E-state index in [0.717, 1.165) is 49.0 Å². The zero-order chi connectivity index (χ0) is 16.8. The molecule has 1 aliphatic heterocycles. The number of hydrogen-bond acceptors (Lipinski definition) is 3. The number of anilines is 1. The maximum absolute atomic E-state index is 4.43. The fraction of sp³-hybridized carbons (Fsp3) is 0.333. The van der Waals surface area contributed by atoms with Gasteiger partial charge < -0.3 is 15.1 Å². The topological polar surface area (TPSA) is 43.8 Å². The van der Waals surface area contributed by atoms with Gasteiger partial charge in [0, 0.05) is 50.4 Å². The number of benzene rings is 1. The molecule has 0 atom stereocenters. The van der Waals surface area contributed by atoms with Crippen LogP contribution in [-0.4, -0.2) is 49.1 Å². The van der Waals surface area contributed by atoms with Gasteiger partial charge in [0.15, 0.2) is 5.96 Å². The molecule has 3 rings (SSSR count). The van der Waals surface area contributed by atoms with Crippen molar-refractivity contribution in [2.45, 2.75) is 6.54 Å². The predicted molar refractivity (Wildman–Crippen MR) is 118 cm³/mol. The lowest BCUT2D eigenvalue weighted by molar-refractivity contribution is 0.371. The summed E-state index contributed by atoms with van der Waals surface area (Å²) in [6.07, 6.45) is 1.85. The van der Waals surface area contributed by atoms with Crippen molar-refractivity contribution in [2.24, 2.45) is 4.99 Å². The molecule has 1 saturated heterocycles. The van der Waals surface area contributed by atoms with Gasteiger partial charge in [-0.25, -0.2) is 4.98 Å². The fourth-order valence-electron chi connectivity index (χ4n) is 2.80. The van der Waals surface area contributed by atoms with E-state index in [2.05, 4.69) is 71.4 Å². The number of guanidine groups is 1. The van der Waals surface area contributed by atoms with Crippen LogP contribution in [0.2, 0.25) is 0 Å². The van der Waals surface area contributed by atoms with Crippen molar-refractivity contribution in [2.75, 3.05) is 38.1 Å². The molecule has 5 nitrogen and oxygen atoms in total. The first-order chi connectivity index (χ1) is 11.8. The molecule has 7 heteroatoms. The van der Waals surface area contributed by atoms with E-state index in [1.807, 2.05) is 25.4 Å². The number of pyridine rings is 1. The van der Waals surface area contributed by atoms with Crippen LogP contribution in [-0.2, 0) is 6.54 Å². The number of hydrogen-bond donors (Lipinski definition) is 1. The summed E-state index contributed by atoms with van der Waals surface area (Å²) in [5.41, 5.74) is 1.24. The third-order valence-corrected chi connectivity index (χ3v) is 4.66. The minimum atomic E-state index is 0. The molecule has 0 radical (unpaired) electrons. The van der Waals surface area contributed by atoms with Crippen LogP contribution in [0.25, 0.3) is 0 Å². The molecule has 134 valence electrons. The van der Waals surface area contributed by atoms with Gasteiger partial charge in [-0.3, -0.25) is 4.99 Å². The lowest BCUT2D eigenvalue weighted by atomic mass is 10.2. The number of nitrogens with one attached hydrogen (secondary N) is 1. The number of aliphatic imine (C=N–C) groups is 1. The summed E-state index contributed by atoms with van der Waals surface area (Å²) in [5.74, 6) is 2.01. The van der Waals surface area contributed by atoms with Gasteiger partial charge in [-0.2, -0.15) is 0 Å². The minimum Gasteiger partial charge on any atom is -0.353 e. The van der Waals surface area contributed by atoms with E-state index >= 15 is 0 Å². The standard InChI is InChI=1S/C18H22BrN5.HI/c1-20-18(22-14-15-5-7-16(19)8-6-15)24-12-10-23(11-13-24)17-4-2-3-9-21-17;/h2-9H,10-14H2,1H3,(H,20,22);1H. The highest BCUT2D eigenvalue weighted by molar-refractivity contribution is 14.0. The summed E-state index contributed by atoms with van der Waals surface area (Å²) < 4.78 is 1.10. The second kappa shape index (κ2) is 9.96. The van der Waals surface area contributed by atoms with Gasteiger partial charge in [-0.15, -0.1) is 24.0 Å². The third kappa shape index (κ3) is 5.57. The Bertz CT molecular complexity index is 670. The smallest absolute Gasteiger partial charge is 0.194 e. The number of rotatable bonds is 3. The van der Waals surface area contributed by atoms with Gasteiger partial charge in [-0.05, 0) is 29.8 Å². The molecule has 0 bridgehead atoms. The minimum absolute atomic E-state index is 0. The van der Waals surface area contributed by atoms with Gasteiger partial charge in [0.05, 0.1) is 0 Å². The van der Waals surface area contributed by atoms with Crippen LogP contribution in [0.4, 0.5) is 5.82 Å². The largest absolute Gasteiger partial charge is 0.353 e. The number of aromatic nitrogens is 1. The average Bonchev–Trinajstić information content (AvgIpc) is 2.65. The summed E-state index contributed by atoms with van der Waals surface area (Å²) in [6, 6.07) is 14.4. The second-order valence-electron chi connectivity index (χ2n) is 5.69. The van der Waals surface area contributed by atoms with Gasteiger partial charge in [-0.1, -0.05) is 34.1 Å². The lowest BCUT2D eigenvalue weighted by Gasteiger charge is -2.37. The monoisotopic (exact) mass is 515 g/mol. The predicted octanol–water partition coefficient (Wildman–Crippen LogP) is 3.36.